The van der Waals surface area contributed by atoms with Crippen molar-refractivity contribution < 1.29 is 9.47 Å². The van der Waals surface area contributed by atoms with Crippen molar-refractivity contribution in [2.75, 3.05) is 6.61 Å². The Morgan fingerprint density at radius 1 is 1.13 bits per heavy atom. The fraction of sp³-hybridized carbons (Fsp3) is 0.211. The second kappa shape index (κ2) is 6.99. The number of ether oxygens (including phenoxy) is 2. The van der Waals surface area contributed by atoms with Crippen LogP contribution in [-0.4, -0.2) is 16.0 Å². The van der Waals surface area contributed by atoms with E-state index in [0.29, 0.717) is 13.2 Å². The van der Waals surface area contributed by atoms with Crippen molar-refractivity contribution in [2.45, 2.75) is 20.1 Å². The summed E-state index contributed by atoms with van der Waals surface area (Å²) in [5.41, 5.74) is 3.81. The lowest BCUT2D eigenvalue weighted by atomic mass is 10.2. The molecule has 0 aliphatic rings. The zero-order valence-electron chi connectivity index (χ0n) is 13.0. The smallest absolute Gasteiger partial charge is 0.180 e. The maximum atomic E-state index is 5.94. The Morgan fingerprint density at radius 2 is 1.96 bits per heavy atom. The molecule has 2 aromatic heterocycles. The highest BCUT2D eigenvalue weighted by Gasteiger charge is 2.12. The lowest BCUT2D eigenvalue weighted by Gasteiger charge is -2.08. The molecule has 0 amide bonds. The Hall–Kier alpha value is -2.77. The highest BCUT2D eigenvalue weighted by Crippen LogP contribution is 2.23. The first-order valence-corrected chi connectivity index (χ1v) is 7.44. The van der Waals surface area contributed by atoms with Gasteiger partial charge < -0.3 is 9.47 Å². The highest BCUT2D eigenvalue weighted by molar-refractivity contribution is 5.56. The van der Waals surface area contributed by atoms with Crippen LogP contribution in [0.1, 0.15) is 17.0 Å². The number of rotatable bonds is 6. The van der Waals surface area contributed by atoms with Gasteiger partial charge in [0.25, 0.3) is 0 Å². The fourth-order valence-corrected chi connectivity index (χ4v) is 2.43. The lowest BCUT2D eigenvalue weighted by molar-refractivity contribution is 0.149. The van der Waals surface area contributed by atoms with E-state index >= 15 is 0 Å². The van der Waals surface area contributed by atoms with Gasteiger partial charge >= 0.3 is 0 Å². The van der Waals surface area contributed by atoms with Gasteiger partial charge in [0.2, 0.25) is 0 Å². The van der Waals surface area contributed by atoms with Gasteiger partial charge in [-0.2, -0.15) is 0 Å². The van der Waals surface area contributed by atoms with Crippen LogP contribution in [0.25, 0.3) is 5.65 Å². The zero-order chi connectivity index (χ0) is 16.1. The molecule has 23 heavy (non-hydrogen) atoms. The van der Waals surface area contributed by atoms with E-state index < -0.39 is 0 Å². The molecule has 1 aromatic carbocycles. The van der Waals surface area contributed by atoms with Crippen molar-refractivity contribution in [1.82, 2.24) is 9.38 Å². The van der Waals surface area contributed by atoms with Crippen molar-refractivity contribution in [3.8, 4) is 18.1 Å². The van der Waals surface area contributed by atoms with Gasteiger partial charge in [-0.25, -0.2) is 4.98 Å². The van der Waals surface area contributed by atoms with Gasteiger partial charge in [0.15, 0.2) is 11.4 Å². The molecule has 4 nitrogen and oxygen atoms in total. The van der Waals surface area contributed by atoms with Crippen LogP contribution in [0.5, 0.6) is 5.75 Å². The molecule has 0 aliphatic carbocycles. The van der Waals surface area contributed by atoms with E-state index in [2.05, 4.69) is 10.9 Å². The van der Waals surface area contributed by atoms with Crippen LogP contribution < -0.4 is 4.74 Å². The van der Waals surface area contributed by atoms with Gasteiger partial charge in [-0.1, -0.05) is 36.3 Å². The number of aryl methyl sites for hydroxylation is 1. The van der Waals surface area contributed by atoms with Crippen LogP contribution in [0.15, 0.2) is 48.7 Å². The van der Waals surface area contributed by atoms with Crippen LogP contribution in [0.4, 0.5) is 0 Å². The number of imidazole rings is 1. The van der Waals surface area contributed by atoms with E-state index in [1.54, 1.807) is 0 Å². The van der Waals surface area contributed by atoms with E-state index in [4.69, 9.17) is 15.9 Å². The number of terminal acetylenes is 1. The number of hydrogen-bond donors (Lipinski definition) is 0. The fourth-order valence-electron chi connectivity index (χ4n) is 2.43. The number of pyridine rings is 1. The van der Waals surface area contributed by atoms with E-state index in [1.165, 1.54) is 0 Å². The molecule has 0 spiro atoms. The summed E-state index contributed by atoms with van der Waals surface area (Å²) in [6.45, 7) is 3.19. The van der Waals surface area contributed by atoms with Gasteiger partial charge in [0.05, 0.1) is 18.0 Å². The largest absolute Gasteiger partial charge is 0.485 e. The minimum absolute atomic E-state index is 0.289. The number of hydrogen-bond acceptors (Lipinski definition) is 3. The third-order valence-electron chi connectivity index (χ3n) is 3.57. The number of fused-ring (bicyclic) bond motifs is 1. The predicted octanol–water partition coefficient (Wildman–Crippen LogP) is 3.37. The summed E-state index contributed by atoms with van der Waals surface area (Å²) in [6, 6.07) is 13.9. The Balaban J connectivity index is 1.84. The third kappa shape index (κ3) is 3.36. The van der Waals surface area contributed by atoms with Crippen LogP contribution in [0.2, 0.25) is 0 Å². The van der Waals surface area contributed by atoms with Crippen LogP contribution in [0, 0.1) is 19.3 Å². The molecule has 116 valence electrons. The summed E-state index contributed by atoms with van der Waals surface area (Å²) in [5, 5.41) is 0. The molecule has 0 atom stereocenters. The van der Waals surface area contributed by atoms with Crippen molar-refractivity contribution >= 4 is 5.65 Å². The molecule has 0 saturated carbocycles. The Kier molecular flexibility index (Phi) is 4.60. The third-order valence-corrected chi connectivity index (χ3v) is 3.57. The summed E-state index contributed by atoms with van der Waals surface area (Å²) in [4.78, 5) is 4.61. The molecule has 0 bridgehead atoms. The summed E-state index contributed by atoms with van der Waals surface area (Å²) in [5.74, 6) is 3.22. The van der Waals surface area contributed by atoms with Gasteiger partial charge in [-0.15, -0.1) is 6.42 Å². The molecule has 4 heteroatoms. The molecule has 0 fully saturated rings. The molecule has 0 saturated heterocycles. The minimum atomic E-state index is 0.289. The van der Waals surface area contributed by atoms with Crippen LogP contribution in [-0.2, 0) is 18.0 Å². The van der Waals surface area contributed by atoms with Crippen LogP contribution >= 0.6 is 0 Å². The summed E-state index contributed by atoms with van der Waals surface area (Å²) < 4.78 is 13.4. The zero-order valence-corrected chi connectivity index (χ0v) is 13.0. The minimum Gasteiger partial charge on any atom is -0.485 e. The van der Waals surface area contributed by atoms with Crippen molar-refractivity contribution in [3.05, 3.63) is 65.6 Å². The summed E-state index contributed by atoms with van der Waals surface area (Å²) in [7, 11) is 0. The van der Waals surface area contributed by atoms with E-state index in [0.717, 1.165) is 28.3 Å². The molecule has 0 radical (unpaired) electrons. The monoisotopic (exact) mass is 306 g/mol. The standard InChI is InChI=1S/C19H18N2O2/c1-3-12-22-14-17-15(2)20-19-18(10-7-11-21(17)19)23-13-16-8-5-4-6-9-16/h1,4-11H,12-14H2,2H3. The first kappa shape index (κ1) is 15.1. The molecule has 0 aliphatic heterocycles. The van der Waals surface area contributed by atoms with E-state index in [-0.39, 0.29) is 6.61 Å². The summed E-state index contributed by atoms with van der Waals surface area (Å²) >= 11 is 0. The molecular formula is C19H18N2O2. The number of aromatic nitrogens is 2. The molecule has 0 N–H and O–H groups in total. The van der Waals surface area contributed by atoms with E-state index in [9.17, 15) is 0 Å². The quantitative estimate of drug-likeness (QED) is 0.517. The van der Waals surface area contributed by atoms with Gasteiger partial charge in [0.1, 0.15) is 13.2 Å². The maximum absolute atomic E-state index is 5.94. The molecule has 3 aromatic rings. The van der Waals surface area contributed by atoms with Gasteiger partial charge in [-0.05, 0) is 24.6 Å². The lowest BCUT2D eigenvalue weighted by Crippen LogP contribution is -2.01. The van der Waals surface area contributed by atoms with E-state index in [1.807, 2.05) is 60.0 Å². The second-order valence-electron chi connectivity index (χ2n) is 5.18. The SMILES string of the molecule is C#CCOCc1c(C)nc2c(OCc3ccccc3)cccn12. The number of nitrogens with zero attached hydrogens (tertiary/aromatic N) is 2. The average Bonchev–Trinajstić information content (AvgIpc) is 2.90. The maximum Gasteiger partial charge on any atom is 0.180 e. The Labute approximate surface area is 135 Å². The van der Waals surface area contributed by atoms with Gasteiger partial charge in [0, 0.05) is 6.20 Å². The van der Waals surface area contributed by atoms with Crippen LogP contribution in [0.3, 0.4) is 0 Å². The first-order chi connectivity index (χ1) is 11.3. The highest BCUT2D eigenvalue weighted by atomic mass is 16.5. The van der Waals surface area contributed by atoms with Crippen molar-refractivity contribution in [3.63, 3.8) is 0 Å². The first-order valence-electron chi connectivity index (χ1n) is 7.44. The molecular weight excluding hydrogens is 288 g/mol. The average molecular weight is 306 g/mol. The topological polar surface area (TPSA) is 35.8 Å². The normalized spacial score (nSPS) is 10.6. The second-order valence-corrected chi connectivity index (χ2v) is 5.18. The molecule has 3 rings (SSSR count). The van der Waals surface area contributed by atoms with Gasteiger partial charge in [-0.3, -0.25) is 4.40 Å². The summed E-state index contributed by atoms with van der Waals surface area (Å²) in [6.07, 6.45) is 7.18. The Morgan fingerprint density at radius 3 is 2.74 bits per heavy atom. The predicted molar refractivity (Wildman–Crippen MR) is 89.2 cm³/mol. The van der Waals surface area contributed by atoms with Crippen molar-refractivity contribution in [1.29, 1.82) is 0 Å². The van der Waals surface area contributed by atoms with Crippen molar-refractivity contribution in [2.24, 2.45) is 0 Å². The molecule has 0 unspecified atom stereocenters. The Bertz CT molecular complexity index is 832. The molecule has 2 heterocycles. The number of benzene rings is 1.